The van der Waals surface area contributed by atoms with E-state index in [0.717, 1.165) is 18.0 Å². The molecule has 0 spiro atoms. The van der Waals surface area contributed by atoms with Gasteiger partial charge in [-0.3, -0.25) is 0 Å². The fourth-order valence-corrected chi connectivity index (χ4v) is 3.23. The molecule has 2 heteroatoms. The standard InChI is InChI=1S/C14H28N2/c1-12(13-7-3-2-4-8-13)16-11-14-9-5-6-10-15-14/h12-16H,2-11H2,1H3. The normalized spacial score (nSPS) is 30.2. The van der Waals surface area contributed by atoms with E-state index in [1.54, 1.807) is 0 Å². The Morgan fingerprint density at radius 1 is 1.06 bits per heavy atom. The lowest BCUT2D eigenvalue weighted by molar-refractivity contribution is 0.268. The average molecular weight is 224 g/mol. The Kier molecular flexibility index (Phi) is 5.11. The lowest BCUT2D eigenvalue weighted by atomic mass is 9.84. The molecule has 0 aromatic carbocycles. The zero-order valence-electron chi connectivity index (χ0n) is 10.8. The highest BCUT2D eigenvalue weighted by molar-refractivity contribution is 4.80. The van der Waals surface area contributed by atoms with E-state index < -0.39 is 0 Å². The monoisotopic (exact) mass is 224 g/mol. The van der Waals surface area contributed by atoms with Crippen LogP contribution in [0.3, 0.4) is 0 Å². The van der Waals surface area contributed by atoms with Crippen molar-refractivity contribution in [2.24, 2.45) is 5.92 Å². The number of piperidine rings is 1. The highest BCUT2D eigenvalue weighted by atomic mass is 15.0. The molecule has 1 saturated heterocycles. The van der Waals surface area contributed by atoms with Gasteiger partial charge in [0.15, 0.2) is 0 Å². The van der Waals surface area contributed by atoms with Crippen LogP contribution in [0.5, 0.6) is 0 Å². The van der Waals surface area contributed by atoms with Crippen molar-refractivity contribution in [2.45, 2.75) is 70.4 Å². The molecule has 1 aliphatic heterocycles. The summed E-state index contributed by atoms with van der Waals surface area (Å²) in [5.74, 6) is 0.942. The molecule has 0 amide bonds. The fourth-order valence-electron chi connectivity index (χ4n) is 3.23. The summed E-state index contributed by atoms with van der Waals surface area (Å²) >= 11 is 0. The highest BCUT2D eigenvalue weighted by Crippen LogP contribution is 2.26. The third-order valence-electron chi connectivity index (χ3n) is 4.46. The molecular formula is C14H28N2. The van der Waals surface area contributed by atoms with Crippen LogP contribution in [0.4, 0.5) is 0 Å². The molecule has 2 atom stereocenters. The van der Waals surface area contributed by atoms with E-state index in [1.807, 2.05) is 0 Å². The van der Waals surface area contributed by atoms with E-state index in [4.69, 9.17) is 0 Å². The lowest BCUT2D eigenvalue weighted by Gasteiger charge is -2.31. The Morgan fingerprint density at radius 2 is 1.81 bits per heavy atom. The first kappa shape index (κ1) is 12.4. The Balaban J connectivity index is 1.63. The van der Waals surface area contributed by atoms with E-state index >= 15 is 0 Å². The predicted molar refractivity (Wildman–Crippen MR) is 69.7 cm³/mol. The molecule has 2 rings (SSSR count). The summed E-state index contributed by atoms with van der Waals surface area (Å²) in [6.45, 7) is 4.79. The maximum absolute atomic E-state index is 3.76. The fraction of sp³-hybridized carbons (Fsp3) is 1.00. The third kappa shape index (κ3) is 3.74. The van der Waals surface area contributed by atoms with Gasteiger partial charge in [-0.15, -0.1) is 0 Å². The van der Waals surface area contributed by atoms with Gasteiger partial charge in [0.05, 0.1) is 0 Å². The van der Waals surface area contributed by atoms with Gasteiger partial charge in [0.2, 0.25) is 0 Å². The van der Waals surface area contributed by atoms with Gasteiger partial charge in [-0.2, -0.15) is 0 Å². The molecule has 2 unspecified atom stereocenters. The molecule has 0 aromatic heterocycles. The molecule has 2 fully saturated rings. The Morgan fingerprint density at radius 3 is 2.50 bits per heavy atom. The number of nitrogens with one attached hydrogen (secondary N) is 2. The molecule has 0 aromatic rings. The molecule has 16 heavy (non-hydrogen) atoms. The van der Waals surface area contributed by atoms with Gasteiger partial charge in [-0.1, -0.05) is 25.7 Å². The van der Waals surface area contributed by atoms with E-state index in [9.17, 15) is 0 Å². The van der Waals surface area contributed by atoms with Crippen LogP contribution in [-0.4, -0.2) is 25.2 Å². The minimum absolute atomic E-state index is 0.726. The van der Waals surface area contributed by atoms with Crippen molar-refractivity contribution < 1.29 is 0 Å². The first-order valence-corrected chi connectivity index (χ1v) is 7.33. The molecule has 94 valence electrons. The van der Waals surface area contributed by atoms with E-state index in [-0.39, 0.29) is 0 Å². The van der Waals surface area contributed by atoms with Crippen molar-refractivity contribution in [1.82, 2.24) is 10.6 Å². The Hall–Kier alpha value is -0.0800. The average Bonchev–Trinajstić information content (AvgIpc) is 2.38. The van der Waals surface area contributed by atoms with E-state index in [2.05, 4.69) is 17.6 Å². The maximum atomic E-state index is 3.76. The first-order valence-electron chi connectivity index (χ1n) is 7.33. The largest absolute Gasteiger partial charge is 0.313 e. The molecule has 0 bridgehead atoms. The summed E-state index contributed by atoms with van der Waals surface area (Å²) < 4.78 is 0. The van der Waals surface area contributed by atoms with E-state index in [0.29, 0.717) is 0 Å². The van der Waals surface area contributed by atoms with Crippen LogP contribution in [0, 0.1) is 5.92 Å². The van der Waals surface area contributed by atoms with Crippen LogP contribution in [0.2, 0.25) is 0 Å². The van der Waals surface area contributed by atoms with Crippen molar-refractivity contribution >= 4 is 0 Å². The third-order valence-corrected chi connectivity index (χ3v) is 4.46. The maximum Gasteiger partial charge on any atom is 0.0192 e. The van der Waals surface area contributed by atoms with Crippen molar-refractivity contribution in [1.29, 1.82) is 0 Å². The van der Waals surface area contributed by atoms with Gasteiger partial charge in [-0.25, -0.2) is 0 Å². The summed E-state index contributed by atoms with van der Waals surface area (Å²) in [4.78, 5) is 0. The lowest BCUT2D eigenvalue weighted by Crippen LogP contribution is -2.46. The highest BCUT2D eigenvalue weighted by Gasteiger charge is 2.20. The van der Waals surface area contributed by atoms with Crippen molar-refractivity contribution in [3.05, 3.63) is 0 Å². The number of rotatable bonds is 4. The van der Waals surface area contributed by atoms with Gasteiger partial charge in [0.1, 0.15) is 0 Å². The van der Waals surface area contributed by atoms with Gasteiger partial charge >= 0.3 is 0 Å². The van der Waals surface area contributed by atoms with Gasteiger partial charge in [0.25, 0.3) is 0 Å². The summed E-state index contributed by atoms with van der Waals surface area (Å²) in [6.07, 6.45) is 11.4. The zero-order valence-corrected chi connectivity index (χ0v) is 10.8. The topological polar surface area (TPSA) is 24.1 Å². The minimum atomic E-state index is 0.726. The van der Waals surface area contributed by atoms with Gasteiger partial charge < -0.3 is 10.6 Å². The molecule has 2 nitrogen and oxygen atoms in total. The van der Waals surface area contributed by atoms with Crippen LogP contribution in [0.1, 0.15) is 58.3 Å². The molecule has 1 heterocycles. The van der Waals surface area contributed by atoms with E-state index in [1.165, 1.54) is 64.5 Å². The molecule has 2 aliphatic rings. The van der Waals surface area contributed by atoms with Crippen LogP contribution in [0.15, 0.2) is 0 Å². The minimum Gasteiger partial charge on any atom is -0.313 e. The quantitative estimate of drug-likeness (QED) is 0.767. The number of hydrogen-bond donors (Lipinski definition) is 2. The van der Waals surface area contributed by atoms with Gasteiger partial charge in [-0.05, 0) is 45.1 Å². The summed E-state index contributed by atoms with van der Waals surface area (Å²) in [6, 6.07) is 1.46. The summed E-state index contributed by atoms with van der Waals surface area (Å²) in [5, 5.41) is 7.37. The SMILES string of the molecule is CC(NCC1CCCCN1)C1CCCCC1. The smallest absolute Gasteiger partial charge is 0.0192 e. The molecule has 2 N–H and O–H groups in total. The second kappa shape index (κ2) is 6.61. The van der Waals surface area contributed by atoms with Crippen LogP contribution in [-0.2, 0) is 0 Å². The van der Waals surface area contributed by atoms with Gasteiger partial charge in [0, 0.05) is 18.6 Å². The van der Waals surface area contributed by atoms with Crippen LogP contribution in [0.25, 0.3) is 0 Å². The second-order valence-corrected chi connectivity index (χ2v) is 5.74. The molecule has 1 saturated carbocycles. The number of hydrogen-bond acceptors (Lipinski definition) is 2. The van der Waals surface area contributed by atoms with Crippen molar-refractivity contribution in [2.75, 3.05) is 13.1 Å². The summed E-state index contributed by atoms with van der Waals surface area (Å²) in [5.41, 5.74) is 0. The predicted octanol–water partition coefficient (Wildman–Crippen LogP) is 2.69. The van der Waals surface area contributed by atoms with Crippen LogP contribution >= 0.6 is 0 Å². The van der Waals surface area contributed by atoms with Crippen molar-refractivity contribution in [3.8, 4) is 0 Å². The molecule has 1 aliphatic carbocycles. The van der Waals surface area contributed by atoms with Crippen molar-refractivity contribution in [3.63, 3.8) is 0 Å². The zero-order chi connectivity index (χ0) is 11.2. The Labute approximate surface area is 101 Å². The summed E-state index contributed by atoms with van der Waals surface area (Å²) in [7, 11) is 0. The second-order valence-electron chi connectivity index (χ2n) is 5.74. The molecular weight excluding hydrogens is 196 g/mol. The van der Waals surface area contributed by atoms with Crippen LogP contribution < -0.4 is 10.6 Å². The first-order chi connectivity index (χ1) is 7.86. The Bertz CT molecular complexity index is 181. The molecule has 0 radical (unpaired) electrons.